The minimum atomic E-state index is -3.70. The van der Waals surface area contributed by atoms with E-state index < -0.39 is 33.7 Å². The van der Waals surface area contributed by atoms with E-state index in [0.717, 1.165) is 75.6 Å². The first-order valence-corrected chi connectivity index (χ1v) is 23.6. The molecule has 3 amide bonds. The molecule has 1 aromatic carbocycles. The average Bonchev–Trinajstić information content (AvgIpc) is 3.69. The molecule has 0 saturated carbocycles. The van der Waals surface area contributed by atoms with Gasteiger partial charge >= 0.3 is 0 Å². The lowest BCUT2D eigenvalue weighted by atomic mass is 9.92. The van der Waals surface area contributed by atoms with Crippen molar-refractivity contribution in [2.75, 3.05) is 60.0 Å². The van der Waals surface area contributed by atoms with E-state index in [0.29, 0.717) is 40.5 Å². The number of benzene rings is 1. The monoisotopic (exact) mass is 874 g/mol. The normalized spacial score (nSPS) is 18.5. The Balaban J connectivity index is 0.894. The molecular formula is C43H55FN10O5S2. The van der Waals surface area contributed by atoms with Crippen LogP contribution >= 0.6 is 11.3 Å². The van der Waals surface area contributed by atoms with E-state index in [4.69, 9.17) is 9.97 Å². The lowest BCUT2D eigenvalue weighted by Crippen LogP contribution is -2.52. The highest BCUT2D eigenvalue weighted by Crippen LogP contribution is 2.42. The van der Waals surface area contributed by atoms with Crippen LogP contribution in [-0.2, 0) is 25.0 Å². The minimum absolute atomic E-state index is 0.107. The molecule has 3 aliphatic rings. The van der Waals surface area contributed by atoms with Crippen molar-refractivity contribution in [3.8, 4) is 21.8 Å². The van der Waals surface area contributed by atoms with Crippen molar-refractivity contribution in [1.29, 1.82) is 0 Å². The first kappa shape index (κ1) is 44.0. The number of nitrogens with zero attached hydrogens (tertiary/aromatic N) is 6. The average molecular weight is 875 g/mol. The number of pyridine rings is 1. The fraction of sp³-hybridized carbons (Fsp3) is 0.512. The van der Waals surface area contributed by atoms with Crippen LogP contribution in [0.25, 0.3) is 21.8 Å². The predicted molar refractivity (Wildman–Crippen MR) is 235 cm³/mol. The van der Waals surface area contributed by atoms with Gasteiger partial charge in [-0.05, 0) is 93.8 Å². The molecule has 1 atom stereocenters. The molecule has 3 aliphatic heterocycles. The minimum Gasteiger partial charge on any atom is -0.370 e. The Morgan fingerprint density at radius 2 is 1.72 bits per heavy atom. The van der Waals surface area contributed by atoms with E-state index in [1.807, 2.05) is 26.8 Å². The molecule has 61 heavy (non-hydrogen) atoms. The number of anilines is 3. The lowest BCUT2D eigenvalue weighted by molar-refractivity contribution is -0.134. The second kappa shape index (κ2) is 18.9. The quantitative estimate of drug-likeness (QED) is 0.111. The molecule has 4 N–H and O–H groups in total. The molecule has 7 rings (SSSR count). The zero-order valence-electron chi connectivity index (χ0n) is 35.2. The van der Waals surface area contributed by atoms with Crippen molar-refractivity contribution in [3.05, 3.63) is 65.3 Å². The third-order valence-electron chi connectivity index (χ3n) is 11.4. The van der Waals surface area contributed by atoms with Crippen LogP contribution in [-0.4, -0.2) is 102 Å². The number of carbonyl (C=O) groups excluding carboxylic acids is 3. The summed E-state index contributed by atoms with van der Waals surface area (Å²) in [6.07, 6.45) is 8.56. The first-order valence-electron chi connectivity index (χ1n) is 21.1. The Kier molecular flexibility index (Phi) is 13.6. The van der Waals surface area contributed by atoms with Crippen LogP contribution in [0.1, 0.15) is 88.1 Å². The summed E-state index contributed by atoms with van der Waals surface area (Å²) >= 11 is 1.45. The SMILES string of the molecule is CCCS(=O)(=O)Nc1cccc(-c2nc(C(C)(C)C)sc2-c2ccnc(NCC3CCN(CC4CCN(c5ccc(C(=O)N[C@H]6CCC(=O)NC6=O)nc5)CC4)CC3)n2)c1F. The van der Waals surface area contributed by atoms with Gasteiger partial charge in [0.05, 0.1) is 44.6 Å². The van der Waals surface area contributed by atoms with Crippen LogP contribution < -0.4 is 25.6 Å². The summed E-state index contributed by atoms with van der Waals surface area (Å²) in [5.74, 6) is -0.485. The Hall–Kier alpha value is -5.07. The highest BCUT2D eigenvalue weighted by molar-refractivity contribution is 7.92. The molecule has 4 aromatic rings. The fourth-order valence-corrected chi connectivity index (χ4v) is 10.2. The number of thiazole rings is 1. The van der Waals surface area contributed by atoms with E-state index in [-0.39, 0.29) is 46.9 Å². The maximum Gasteiger partial charge on any atom is 0.270 e. The summed E-state index contributed by atoms with van der Waals surface area (Å²) in [6, 6.07) is 9.30. The van der Waals surface area contributed by atoms with Crippen molar-refractivity contribution in [3.63, 3.8) is 0 Å². The highest BCUT2D eigenvalue weighted by Gasteiger charge is 2.30. The van der Waals surface area contributed by atoms with E-state index >= 15 is 4.39 Å². The zero-order chi connectivity index (χ0) is 43.3. The Morgan fingerprint density at radius 1 is 0.967 bits per heavy atom. The number of sulfonamides is 1. The summed E-state index contributed by atoms with van der Waals surface area (Å²) in [6.45, 7) is 13.6. The molecule has 15 nitrogen and oxygen atoms in total. The molecule has 0 spiro atoms. The number of amides is 3. The van der Waals surface area contributed by atoms with Crippen LogP contribution in [0.5, 0.6) is 0 Å². The van der Waals surface area contributed by atoms with Gasteiger partial charge in [-0.15, -0.1) is 11.3 Å². The maximum absolute atomic E-state index is 16.0. The second-order valence-electron chi connectivity index (χ2n) is 17.2. The van der Waals surface area contributed by atoms with Gasteiger partial charge in [-0.3, -0.25) is 24.4 Å². The number of rotatable bonds is 14. The molecule has 326 valence electrons. The Bertz CT molecular complexity index is 2320. The Morgan fingerprint density at radius 3 is 2.41 bits per heavy atom. The molecule has 6 heterocycles. The van der Waals surface area contributed by atoms with E-state index in [1.54, 1.807) is 43.6 Å². The largest absolute Gasteiger partial charge is 0.370 e. The van der Waals surface area contributed by atoms with E-state index in [9.17, 15) is 22.8 Å². The number of halogens is 1. The molecule has 3 fully saturated rings. The van der Waals surface area contributed by atoms with Gasteiger partial charge in [0.25, 0.3) is 5.91 Å². The first-order chi connectivity index (χ1) is 29.2. The lowest BCUT2D eigenvalue weighted by Gasteiger charge is -2.38. The van der Waals surface area contributed by atoms with Gasteiger partial charge in [0.15, 0.2) is 5.82 Å². The third kappa shape index (κ3) is 11.1. The zero-order valence-corrected chi connectivity index (χ0v) is 36.8. The maximum atomic E-state index is 16.0. The number of piperidine rings is 3. The molecule has 18 heteroatoms. The van der Waals surface area contributed by atoms with Gasteiger partial charge in [0.2, 0.25) is 27.8 Å². The summed E-state index contributed by atoms with van der Waals surface area (Å²) in [5, 5.41) is 9.19. The molecular weight excluding hydrogens is 820 g/mol. The fourth-order valence-electron chi connectivity index (χ4n) is 7.97. The van der Waals surface area contributed by atoms with Crippen molar-refractivity contribution < 1.29 is 27.2 Å². The van der Waals surface area contributed by atoms with Crippen LogP contribution in [0.15, 0.2) is 48.8 Å². The summed E-state index contributed by atoms with van der Waals surface area (Å²) < 4.78 is 43.5. The molecule has 0 radical (unpaired) electrons. The van der Waals surface area contributed by atoms with Crippen LogP contribution in [0.4, 0.5) is 21.7 Å². The van der Waals surface area contributed by atoms with Gasteiger partial charge in [-0.2, -0.15) is 0 Å². The van der Waals surface area contributed by atoms with Gasteiger partial charge in [0, 0.05) is 49.8 Å². The smallest absolute Gasteiger partial charge is 0.270 e. The number of imide groups is 1. The van der Waals surface area contributed by atoms with Gasteiger partial charge in [-0.25, -0.2) is 32.7 Å². The number of hydrogen-bond donors (Lipinski definition) is 4. The van der Waals surface area contributed by atoms with Crippen molar-refractivity contribution in [2.45, 2.75) is 84.1 Å². The number of carbonyl (C=O) groups is 3. The van der Waals surface area contributed by atoms with Crippen LogP contribution in [0.2, 0.25) is 0 Å². The number of likely N-dealkylation sites (tertiary alicyclic amines) is 1. The van der Waals surface area contributed by atoms with Crippen molar-refractivity contribution >= 4 is 56.4 Å². The number of hydrogen-bond acceptors (Lipinski definition) is 13. The number of aromatic nitrogens is 4. The second-order valence-corrected chi connectivity index (χ2v) is 20.1. The molecule has 3 saturated heterocycles. The van der Waals surface area contributed by atoms with Gasteiger partial charge in [-0.1, -0.05) is 33.8 Å². The van der Waals surface area contributed by atoms with Gasteiger partial charge in [0.1, 0.15) is 11.7 Å². The predicted octanol–water partition coefficient (Wildman–Crippen LogP) is 5.83. The van der Waals surface area contributed by atoms with Crippen molar-refractivity contribution in [1.82, 2.24) is 35.5 Å². The summed E-state index contributed by atoms with van der Waals surface area (Å²) in [5.41, 5.74) is 2.00. The molecule has 0 bridgehead atoms. The highest BCUT2D eigenvalue weighted by atomic mass is 32.2. The van der Waals surface area contributed by atoms with Crippen LogP contribution in [0.3, 0.4) is 0 Å². The van der Waals surface area contributed by atoms with E-state index in [1.165, 1.54) is 17.4 Å². The topological polar surface area (TPSA) is 192 Å². The summed E-state index contributed by atoms with van der Waals surface area (Å²) in [7, 11) is -3.70. The number of nitrogens with one attached hydrogen (secondary N) is 4. The standard InChI is InChI=1S/C43H55FN10O5S2/c1-5-23-61(58,59)52-31-8-6-7-30(36(31)44)37-38(60-41(51-37)43(2,3)4)32-13-18-45-42(49-32)47-24-27-14-19-53(20-15-27)26-28-16-21-54(22-17-28)29-9-10-33(46-25-29)39(56)48-34-11-12-35(55)50-40(34)57/h6-10,13,18,25,27-28,34,52H,5,11-12,14-17,19-24,26H2,1-4H3,(H,48,56)(H,45,47,49)(H,50,55,57)/t34-/m0/s1. The molecule has 0 unspecified atom stereocenters. The molecule has 3 aromatic heterocycles. The van der Waals surface area contributed by atoms with E-state index in [2.05, 4.69) is 40.4 Å². The summed E-state index contributed by atoms with van der Waals surface area (Å²) in [4.78, 5) is 60.3. The van der Waals surface area contributed by atoms with Gasteiger partial charge < -0.3 is 20.4 Å². The Labute approximate surface area is 360 Å². The van der Waals surface area contributed by atoms with Crippen LogP contribution in [0, 0.1) is 17.7 Å². The molecule has 0 aliphatic carbocycles. The van der Waals surface area contributed by atoms with Crippen molar-refractivity contribution in [2.24, 2.45) is 11.8 Å². The third-order valence-corrected chi connectivity index (χ3v) is 14.4.